The molecule has 0 unspecified atom stereocenters. The maximum atomic E-state index is 12.1. The predicted octanol–water partition coefficient (Wildman–Crippen LogP) is 2.59. The molecule has 1 amide bonds. The Hall–Kier alpha value is -2.18. The number of amides is 1. The molecule has 2 aromatic rings. The molecule has 0 bridgehead atoms. The van der Waals surface area contributed by atoms with E-state index in [1.165, 1.54) is 6.92 Å². The van der Waals surface area contributed by atoms with E-state index in [0.29, 0.717) is 19.5 Å². The Bertz CT molecular complexity index is 777. The van der Waals surface area contributed by atoms with E-state index in [0.717, 1.165) is 17.5 Å². The summed E-state index contributed by atoms with van der Waals surface area (Å²) in [4.78, 5) is 13.4. The van der Waals surface area contributed by atoms with Crippen LogP contribution in [0.15, 0.2) is 60.7 Å². The van der Waals surface area contributed by atoms with E-state index in [4.69, 9.17) is 0 Å². The lowest BCUT2D eigenvalue weighted by Crippen LogP contribution is -2.37. The molecule has 2 rings (SSSR count). The highest BCUT2D eigenvalue weighted by molar-refractivity contribution is 7.89. The summed E-state index contributed by atoms with van der Waals surface area (Å²) >= 11 is 0. The van der Waals surface area contributed by atoms with Gasteiger partial charge < -0.3 is 4.90 Å². The van der Waals surface area contributed by atoms with Crippen LogP contribution in [0.4, 0.5) is 0 Å². The number of rotatable bonds is 10. The average Bonchev–Trinajstić information content (AvgIpc) is 2.62. The highest BCUT2D eigenvalue weighted by Gasteiger charge is 2.13. The van der Waals surface area contributed by atoms with Crippen LogP contribution in [0.2, 0.25) is 0 Å². The van der Waals surface area contributed by atoms with Crippen LogP contribution in [0.3, 0.4) is 0 Å². The molecular formula is C20H26N2O3S. The SMILES string of the molecule is CC(=O)N(CCNS(=O)(=O)CCCc1ccccc1)Cc1ccccc1. The minimum absolute atomic E-state index is 0.0721. The molecule has 2 aromatic carbocycles. The van der Waals surface area contributed by atoms with E-state index < -0.39 is 10.0 Å². The summed E-state index contributed by atoms with van der Waals surface area (Å²) in [5, 5.41) is 0. The van der Waals surface area contributed by atoms with Gasteiger partial charge in [0.2, 0.25) is 15.9 Å². The van der Waals surface area contributed by atoms with Crippen LogP contribution in [-0.4, -0.2) is 38.1 Å². The second-order valence-corrected chi connectivity index (χ2v) is 8.15. The topological polar surface area (TPSA) is 66.5 Å². The average molecular weight is 375 g/mol. The van der Waals surface area contributed by atoms with Gasteiger partial charge >= 0.3 is 0 Å². The Kier molecular flexibility index (Phi) is 7.81. The summed E-state index contributed by atoms with van der Waals surface area (Å²) in [7, 11) is -3.33. The van der Waals surface area contributed by atoms with Gasteiger partial charge in [-0.05, 0) is 24.0 Å². The number of aryl methyl sites for hydroxylation is 1. The van der Waals surface area contributed by atoms with Crippen LogP contribution in [0.1, 0.15) is 24.5 Å². The molecular weight excluding hydrogens is 348 g/mol. The van der Waals surface area contributed by atoms with Gasteiger partial charge in [0.25, 0.3) is 0 Å². The molecule has 6 heteroatoms. The summed E-state index contributed by atoms with van der Waals surface area (Å²) in [5.41, 5.74) is 2.15. The molecule has 0 atom stereocenters. The Labute approximate surface area is 156 Å². The summed E-state index contributed by atoms with van der Waals surface area (Å²) < 4.78 is 26.8. The summed E-state index contributed by atoms with van der Waals surface area (Å²) in [6, 6.07) is 19.5. The number of hydrogen-bond acceptors (Lipinski definition) is 3. The minimum Gasteiger partial charge on any atom is -0.337 e. The standard InChI is InChI=1S/C20H26N2O3S/c1-18(23)22(17-20-11-6-3-7-12-20)15-14-21-26(24,25)16-8-13-19-9-4-2-5-10-19/h2-7,9-12,21H,8,13-17H2,1H3. The van der Waals surface area contributed by atoms with E-state index in [2.05, 4.69) is 4.72 Å². The van der Waals surface area contributed by atoms with E-state index in [9.17, 15) is 13.2 Å². The highest BCUT2D eigenvalue weighted by atomic mass is 32.2. The number of nitrogens with zero attached hydrogens (tertiary/aromatic N) is 1. The van der Waals surface area contributed by atoms with Crippen LogP contribution in [0, 0.1) is 0 Å². The van der Waals surface area contributed by atoms with Crippen molar-refractivity contribution >= 4 is 15.9 Å². The van der Waals surface area contributed by atoms with Gasteiger partial charge in [-0.25, -0.2) is 13.1 Å². The molecule has 0 fully saturated rings. The molecule has 0 aliphatic rings. The summed E-state index contributed by atoms with van der Waals surface area (Å²) in [6.45, 7) is 2.55. The molecule has 0 aliphatic heterocycles. The van der Waals surface area contributed by atoms with Crippen LogP contribution in [0.5, 0.6) is 0 Å². The predicted molar refractivity (Wildman–Crippen MR) is 104 cm³/mol. The maximum Gasteiger partial charge on any atom is 0.219 e. The number of benzene rings is 2. The van der Waals surface area contributed by atoms with Crippen molar-refractivity contribution in [2.24, 2.45) is 0 Å². The first-order valence-electron chi connectivity index (χ1n) is 8.77. The maximum absolute atomic E-state index is 12.1. The van der Waals surface area contributed by atoms with Gasteiger partial charge in [0, 0.05) is 26.6 Å². The fourth-order valence-corrected chi connectivity index (χ4v) is 3.74. The normalized spacial score (nSPS) is 11.3. The lowest BCUT2D eigenvalue weighted by molar-refractivity contribution is -0.129. The van der Waals surface area contributed by atoms with Crippen molar-refractivity contribution < 1.29 is 13.2 Å². The first-order chi connectivity index (χ1) is 12.5. The van der Waals surface area contributed by atoms with Gasteiger partial charge in [-0.15, -0.1) is 0 Å². The Morgan fingerprint density at radius 3 is 2.12 bits per heavy atom. The van der Waals surface area contributed by atoms with Crippen molar-refractivity contribution in [3.8, 4) is 0 Å². The van der Waals surface area contributed by atoms with Gasteiger partial charge in [0.1, 0.15) is 0 Å². The molecule has 0 heterocycles. The number of sulfonamides is 1. The van der Waals surface area contributed by atoms with Crippen molar-refractivity contribution in [1.29, 1.82) is 0 Å². The molecule has 0 spiro atoms. The van der Waals surface area contributed by atoms with E-state index >= 15 is 0 Å². The summed E-state index contributed by atoms with van der Waals surface area (Å²) in [5.74, 6) is 0.0119. The van der Waals surface area contributed by atoms with Crippen LogP contribution in [0.25, 0.3) is 0 Å². The lowest BCUT2D eigenvalue weighted by atomic mass is 10.1. The number of carbonyl (C=O) groups is 1. The second kappa shape index (κ2) is 10.1. The number of hydrogen-bond donors (Lipinski definition) is 1. The third kappa shape index (κ3) is 7.37. The fraction of sp³-hybridized carbons (Fsp3) is 0.350. The monoisotopic (exact) mass is 374 g/mol. The molecule has 0 radical (unpaired) electrons. The highest BCUT2D eigenvalue weighted by Crippen LogP contribution is 2.05. The Morgan fingerprint density at radius 1 is 0.962 bits per heavy atom. The van der Waals surface area contributed by atoms with E-state index in [1.54, 1.807) is 4.90 Å². The third-order valence-corrected chi connectivity index (χ3v) is 5.56. The fourth-order valence-electron chi connectivity index (χ4n) is 2.67. The number of nitrogens with one attached hydrogen (secondary N) is 1. The van der Waals surface area contributed by atoms with Crippen molar-refractivity contribution in [2.45, 2.75) is 26.3 Å². The van der Waals surface area contributed by atoms with Crippen molar-refractivity contribution in [3.63, 3.8) is 0 Å². The van der Waals surface area contributed by atoms with Gasteiger partial charge in [0.15, 0.2) is 0 Å². The minimum atomic E-state index is -3.33. The largest absolute Gasteiger partial charge is 0.337 e. The first-order valence-corrected chi connectivity index (χ1v) is 10.4. The first kappa shape index (κ1) is 20.1. The van der Waals surface area contributed by atoms with Crippen molar-refractivity contribution in [1.82, 2.24) is 9.62 Å². The number of carbonyl (C=O) groups excluding carboxylic acids is 1. The Morgan fingerprint density at radius 2 is 1.54 bits per heavy atom. The van der Waals surface area contributed by atoms with Crippen LogP contribution >= 0.6 is 0 Å². The molecule has 0 aliphatic carbocycles. The lowest BCUT2D eigenvalue weighted by Gasteiger charge is -2.21. The van der Waals surface area contributed by atoms with Crippen LogP contribution < -0.4 is 4.72 Å². The molecule has 0 saturated heterocycles. The van der Waals surface area contributed by atoms with Gasteiger partial charge in [-0.2, -0.15) is 0 Å². The van der Waals surface area contributed by atoms with E-state index in [1.807, 2.05) is 60.7 Å². The van der Waals surface area contributed by atoms with Gasteiger partial charge in [-0.1, -0.05) is 60.7 Å². The smallest absolute Gasteiger partial charge is 0.219 e. The zero-order chi connectivity index (χ0) is 18.8. The molecule has 1 N–H and O–H groups in total. The van der Waals surface area contributed by atoms with Crippen LogP contribution in [-0.2, 0) is 27.8 Å². The second-order valence-electron chi connectivity index (χ2n) is 6.23. The summed E-state index contributed by atoms with van der Waals surface area (Å²) in [6.07, 6.45) is 1.30. The quantitative estimate of drug-likeness (QED) is 0.695. The molecule has 0 saturated carbocycles. The van der Waals surface area contributed by atoms with Gasteiger partial charge in [-0.3, -0.25) is 4.79 Å². The third-order valence-electron chi connectivity index (χ3n) is 4.09. The zero-order valence-electron chi connectivity index (χ0n) is 15.1. The molecule has 26 heavy (non-hydrogen) atoms. The van der Waals surface area contributed by atoms with E-state index in [-0.39, 0.29) is 18.2 Å². The molecule has 0 aromatic heterocycles. The zero-order valence-corrected chi connectivity index (χ0v) is 15.9. The van der Waals surface area contributed by atoms with Crippen molar-refractivity contribution in [3.05, 3.63) is 71.8 Å². The molecule has 5 nitrogen and oxygen atoms in total. The molecule has 140 valence electrons. The Balaban J connectivity index is 1.75. The van der Waals surface area contributed by atoms with Crippen molar-refractivity contribution in [2.75, 3.05) is 18.8 Å². The van der Waals surface area contributed by atoms with Gasteiger partial charge in [0.05, 0.1) is 5.75 Å².